The standard InChI is InChI=1S/C17H24BNO5/c1-7-22-15(20)9-8-12-10-14(21-6)19-11-13(12)18-23-16(2,3)17(4,5)24-18/h8-11H,7H2,1-6H3/b9-8+. The summed E-state index contributed by atoms with van der Waals surface area (Å²) in [5.41, 5.74) is 0.544. The topological polar surface area (TPSA) is 66.9 Å². The summed E-state index contributed by atoms with van der Waals surface area (Å²) in [5.74, 6) is 0.0342. The number of esters is 1. The van der Waals surface area contributed by atoms with Gasteiger partial charge in [-0.2, -0.15) is 0 Å². The van der Waals surface area contributed by atoms with E-state index in [4.69, 9.17) is 18.8 Å². The second-order valence-corrected chi connectivity index (χ2v) is 6.53. The summed E-state index contributed by atoms with van der Waals surface area (Å²) >= 11 is 0. The van der Waals surface area contributed by atoms with Gasteiger partial charge in [-0.25, -0.2) is 9.78 Å². The van der Waals surface area contributed by atoms with Gasteiger partial charge in [-0.05, 0) is 46.3 Å². The molecule has 0 radical (unpaired) electrons. The van der Waals surface area contributed by atoms with Crippen molar-refractivity contribution in [3.05, 3.63) is 23.9 Å². The highest BCUT2D eigenvalue weighted by Gasteiger charge is 2.52. The Balaban J connectivity index is 2.35. The summed E-state index contributed by atoms with van der Waals surface area (Å²) < 4.78 is 22.2. The van der Waals surface area contributed by atoms with E-state index in [1.807, 2.05) is 27.7 Å². The quantitative estimate of drug-likeness (QED) is 0.466. The maximum Gasteiger partial charge on any atom is 0.497 e. The third kappa shape index (κ3) is 3.79. The molecular formula is C17H24BNO5. The van der Waals surface area contributed by atoms with E-state index < -0.39 is 24.3 Å². The van der Waals surface area contributed by atoms with E-state index in [9.17, 15) is 4.79 Å². The van der Waals surface area contributed by atoms with E-state index >= 15 is 0 Å². The molecule has 2 heterocycles. The van der Waals surface area contributed by atoms with Gasteiger partial charge in [0.2, 0.25) is 5.88 Å². The number of rotatable bonds is 5. The SMILES string of the molecule is CCOC(=O)/C=C/c1cc(OC)ncc1B1OC(C)(C)C(C)(C)O1. The van der Waals surface area contributed by atoms with Gasteiger partial charge in [0.1, 0.15) is 0 Å². The fourth-order valence-electron chi connectivity index (χ4n) is 2.23. The zero-order chi connectivity index (χ0) is 18.0. The second-order valence-electron chi connectivity index (χ2n) is 6.53. The molecule has 2 rings (SSSR count). The first kappa shape index (κ1) is 18.5. The highest BCUT2D eigenvalue weighted by molar-refractivity contribution is 6.63. The largest absolute Gasteiger partial charge is 0.497 e. The monoisotopic (exact) mass is 333 g/mol. The first-order chi connectivity index (χ1) is 11.2. The van der Waals surface area contributed by atoms with Gasteiger partial charge in [-0.3, -0.25) is 0 Å². The summed E-state index contributed by atoms with van der Waals surface area (Å²) in [6, 6.07) is 1.73. The van der Waals surface area contributed by atoms with Gasteiger partial charge >= 0.3 is 13.1 Å². The molecule has 1 aromatic heterocycles. The number of hydrogen-bond donors (Lipinski definition) is 0. The van der Waals surface area contributed by atoms with Crippen molar-refractivity contribution in [1.82, 2.24) is 4.98 Å². The van der Waals surface area contributed by atoms with E-state index in [0.717, 1.165) is 11.0 Å². The number of ether oxygens (including phenoxy) is 2. The lowest BCUT2D eigenvalue weighted by molar-refractivity contribution is -0.137. The van der Waals surface area contributed by atoms with E-state index in [2.05, 4.69) is 4.98 Å². The molecule has 130 valence electrons. The Morgan fingerprint density at radius 2 is 1.92 bits per heavy atom. The molecular weight excluding hydrogens is 309 g/mol. The van der Waals surface area contributed by atoms with Crippen LogP contribution in [0.15, 0.2) is 18.3 Å². The molecule has 0 amide bonds. The molecule has 0 aromatic carbocycles. The zero-order valence-electron chi connectivity index (χ0n) is 15.1. The second kappa shape index (κ2) is 6.95. The molecule has 0 unspecified atom stereocenters. The lowest BCUT2D eigenvalue weighted by atomic mass is 9.77. The highest BCUT2D eigenvalue weighted by atomic mass is 16.7. The number of carbonyl (C=O) groups is 1. The maximum absolute atomic E-state index is 11.6. The molecule has 0 aliphatic carbocycles. The van der Waals surface area contributed by atoms with Gasteiger partial charge in [0.15, 0.2) is 0 Å². The average molecular weight is 333 g/mol. The van der Waals surface area contributed by atoms with Crippen molar-refractivity contribution in [2.24, 2.45) is 0 Å². The minimum absolute atomic E-state index is 0.326. The van der Waals surface area contributed by atoms with Crippen molar-refractivity contribution in [2.75, 3.05) is 13.7 Å². The Labute approximate surface area is 143 Å². The molecule has 0 atom stereocenters. The summed E-state index contributed by atoms with van der Waals surface area (Å²) in [7, 11) is 0.963. The zero-order valence-corrected chi connectivity index (χ0v) is 15.1. The van der Waals surface area contributed by atoms with E-state index in [0.29, 0.717) is 12.5 Å². The number of aromatic nitrogens is 1. The van der Waals surface area contributed by atoms with Crippen LogP contribution in [0.1, 0.15) is 40.2 Å². The molecule has 1 aliphatic heterocycles. The van der Waals surface area contributed by atoms with Crippen molar-refractivity contribution in [2.45, 2.75) is 45.8 Å². The van der Waals surface area contributed by atoms with Crippen LogP contribution >= 0.6 is 0 Å². The number of pyridine rings is 1. The molecule has 24 heavy (non-hydrogen) atoms. The molecule has 6 nitrogen and oxygen atoms in total. The van der Waals surface area contributed by atoms with Gasteiger partial charge in [-0.1, -0.05) is 0 Å². The Hall–Kier alpha value is -1.86. The summed E-state index contributed by atoms with van der Waals surface area (Å²) in [6.07, 6.45) is 4.67. The third-order valence-electron chi connectivity index (χ3n) is 4.35. The van der Waals surface area contributed by atoms with Crippen LogP contribution in [0.3, 0.4) is 0 Å². The van der Waals surface area contributed by atoms with Crippen LogP contribution in [0, 0.1) is 0 Å². The van der Waals surface area contributed by atoms with Crippen molar-refractivity contribution in [3.8, 4) is 5.88 Å². The van der Waals surface area contributed by atoms with Gasteiger partial charge < -0.3 is 18.8 Å². The van der Waals surface area contributed by atoms with Crippen molar-refractivity contribution < 1.29 is 23.6 Å². The molecule has 1 fully saturated rings. The Kier molecular flexibility index (Phi) is 5.35. The summed E-state index contributed by atoms with van der Waals surface area (Å²) in [4.78, 5) is 15.8. The Morgan fingerprint density at radius 3 is 2.46 bits per heavy atom. The lowest BCUT2D eigenvalue weighted by Crippen LogP contribution is -2.41. The smallest absolute Gasteiger partial charge is 0.481 e. The minimum Gasteiger partial charge on any atom is -0.481 e. The van der Waals surface area contributed by atoms with Gasteiger partial charge in [0, 0.05) is 23.8 Å². The minimum atomic E-state index is -0.574. The van der Waals surface area contributed by atoms with Gasteiger partial charge in [0.05, 0.1) is 24.9 Å². The number of carbonyl (C=O) groups excluding carboxylic acids is 1. The number of methoxy groups -OCH3 is 1. The summed E-state index contributed by atoms with van der Waals surface area (Å²) in [5, 5.41) is 0. The van der Waals surface area contributed by atoms with Crippen LogP contribution in [0.2, 0.25) is 0 Å². The van der Waals surface area contributed by atoms with E-state index in [-0.39, 0.29) is 0 Å². The highest BCUT2D eigenvalue weighted by Crippen LogP contribution is 2.36. The van der Waals surface area contributed by atoms with Gasteiger partial charge in [0.25, 0.3) is 0 Å². The molecule has 0 spiro atoms. The van der Waals surface area contributed by atoms with Crippen molar-refractivity contribution in [1.29, 1.82) is 0 Å². The first-order valence-corrected chi connectivity index (χ1v) is 7.94. The lowest BCUT2D eigenvalue weighted by Gasteiger charge is -2.32. The van der Waals surface area contributed by atoms with Crippen LogP contribution in [0.5, 0.6) is 5.88 Å². The van der Waals surface area contributed by atoms with Crippen LogP contribution in [-0.4, -0.2) is 43.0 Å². The fourth-order valence-corrected chi connectivity index (χ4v) is 2.23. The number of nitrogens with zero attached hydrogens (tertiary/aromatic N) is 1. The Bertz CT molecular complexity index is 626. The molecule has 0 saturated carbocycles. The van der Waals surface area contributed by atoms with Crippen molar-refractivity contribution in [3.63, 3.8) is 0 Å². The fraction of sp³-hybridized carbons (Fsp3) is 0.529. The third-order valence-corrected chi connectivity index (χ3v) is 4.35. The molecule has 0 N–H and O–H groups in total. The predicted molar refractivity (Wildman–Crippen MR) is 92.2 cm³/mol. The maximum atomic E-state index is 11.6. The van der Waals surface area contributed by atoms with Crippen LogP contribution in [0.25, 0.3) is 6.08 Å². The number of hydrogen-bond acceptors (Lipinski definition) is 6. The molecule has 1 aromatic rings. The summed E-state index contributed by atoms with van der Waals surface area (Å²) in [6.45, 7) is 10.0. The average Bonchev–Trinajstić information content (AvgIpc) is 2.73. The Morgan fingerprint density at radius 1 is 1.29 bits per heavy atom. The van der Waals surface area contributed by atoms with Crippen LogP contribution < -0.4 is 10.2 Å². The van der Waals surface area contributed by atoms with Crippen LogP contribution in [0.4, 0.5) is 0 Å². The van der Waals surface area contributed by atoms with Crippen LogP contribution in [-0.2, 0) is 18.8 Å². The van der Waals surface area contributed by atoms with Crippen molar-refractivity contribution >= 4 is 24.6 Å². The predicted octanol–water partition coefficient (Wildman–Crippen LogP) is 1.97. The molecule has 1 aliphatic rings. The van der Waals surface area contributed by atoms with E-state index in [1.54, 1.807) is 25.3 Å². The normalized spacial score (nSPS) is 18.8. The first-order valence-electron chi connectivity index (χ1n) is 7.94. The molecule has 0 bridgehead atoms. The molecule has 7 heteroatoms. The van der Waals surface area contributed by atoms with Gasteiger partial charge in [-0.15, -0.1) is 0 Å². The molecule has 1 saturated heterocycles. The van der Waals surface area contributed by atoms with E-state index in [1.165, 1.54) is 13.2 Å².